The molecule has 3 aromatic carbocycles. The number of thioether (sulfide) groups is 1. The molecule has 0 unspecified atom stereocenters. The van der Waals surface area contributed by atoms with Crippen molar-refractivity contribution < 1.29 is 9.18 Å². The maximum absolute atomic E-state index is 13.3. The number of hydrogen-bond acceptors (Lipinski definition) is 4. The molecule has 4 aromatic rings. The van der Waals surface area contributed by atoms with Crippen molar-refractivity contribution in [1.29, 1.82) is 0 Å². The summed E-state index contributed by atoms with van der Waals surface area (Å²) in [6.45, 7) is 2.08. The van der Waals surface area contributed by atoms with Gasteiger partial charge in [-0.15, -0.1) is 0 Å². The minimum Gasteiger partial charge on any atom is -0.325 e. The van der Waals surface area contributed by atoms with E-state index in [0.717, 1.165) is 28.5 Å². The van der Waals surface area contributed by atoms with Crippen LogP contribution in [0.15, 0.2) is 71.8 Å². The van der Waals surface area contributed by atoms with Crippen LogP contribution in [0.1, 0.15) is 12.5 Å². The molecule has 0 aliphatic carbocycles. The van der Waals surface area contributed by atoms with E-state index in [1.165, 1.54) is 23.9 Å². The first-order valence-corrected chi connectivity index (χ1v) is 11.1. The van der Waals surface area contributed by atoms with E-state index >= 15 is 0 Å². The number of halogens is 2. The maximum atomic E-state index is 13.3. The van der Waals surface area contributed by atoms with Crippen LogP contribution in [0.5, 0.6) is 0 Å². The molecule has 4 nitrogen and oxygen atoms in total. The number of rotatable bonds is 6. The van der Waals surface area contributed by atoms with Gasteiger partial charge in [-0.3, -0.25) is 4.79 Å². The Morgan fingerprint density at radius 3 is 2.48 bits per heavy atom. The van der Waals surface area contributed by atoms with Crippen LogP contribution >= 0.6 is 23.4 Å². The Morgan fingerprint density at radius 1 is 1.03 bits per heavy atom. The lowest BCUT2D eigenvalue weighted by Gasteiger charge is -2.10. The van der Waals surface area contributed by atoms with Gasteiger partial charge in [0.15, 0.2) is 5.82 Å². The van der Waals surface area contributed by atoms with Crippen LogP contribution < -0.4 is 5.32 Å². The third-order valence-electron chi connectivity index (χ3n) is 4.70. The van der Waals surface area contributed by atoms with E-state index < -0.39 is 0 Å². The minimum atomic E-state index is -0.314. The molecule has 1 amide bonds. The number of fused-ring (bicyclic) bond motifs is 1. The van der Waals surface area contributed by atoms with Crippen molar-refractivity contribution in [2.24, 2.45) is 0 Å². The van der Waals surface area contributed by atoms with Gasteiger partial charge in [-0.05, 0) is 72.6 Å². The summed E-state index contributed by atoms with van der Waals surface area (Å²) in [4.78, 5) is 21.8. The van der Waals surface area contributed by atoms with E-state index in [-0.39, 0.29) is 17.5 Å². The van der Waals surface area contributed by atoms with Crippen LogP contribution in [0, 0.1) is 5.82 Å². The first-order chi connectivity index (χ1) is 15.0. The molecular weight excluding hydrogens is 433 g/mol. The average molecular weight is 452 g/mol. The van der Waals surface area contributed by atoms with Gasteiger partial charge >= 0.3 is 0 Å². The van der Waals surface area contributed by atoms with Crippen LogP contribution in [0.3, 0.4) is 0 Å². The van der Waals surface area contributed by atoms with Crippen molar-refractivity contribution >= 4 is 45.9 Å². The average Bonchev–Trinajstić information content (AvgIpc) is 2.79. The number of amides is 1. The molecule has 1 aromatic heterocycles. The summed E-state index contributed by atoms with van der Waals surface area (Å²) < 4.78 is 13.3. The number of nitrogens with zero attached hydrogens (tertiary/aromatic N) is 2. The van der Waals surface area contributed by atoms with Gasteiger partial charge in [0.2, 0.25) is 5.91 Å². The topological polar surface area (TPSA) is 54.9 Å². The number of anilines is 1. The highest BCUT2D eigenvalue weighted by atomic mass is 35.5. The lowest BCUT2D eigenvalue weighted by atomic mass is 10.1. The second-order valence-electron chi connectivity index (χ2n) is 6.91. The molecule has 0 saturated carbocycles. The molecule has 0 fully saturated rings. The summed E-state index contributed by atoms with van der Waals surface area (Å²) in [6, 6.07) is 19.1. The Morgan fingerprint density at radius 2 is 1.77 bits per heavy atom. The van der Waals surface area contributed by atoms with Gasteiger partial charge in [0, 0.05) is 21.7 Å². The molecule has 0 radical (unpaired) electrons. The highest BCUT2D eigenvalue weighted by Crippen LogP contribution is 2.29. The zero-order chi connectivity index (χ0) is 21.8. The standard InChI is InChI=1S/C24H19ClFN3OS/c1-2-15-3-12-21-20(13-15)24(29-23(28-21)16-4-8-18(26)9-5-16)31-14-22(30)27-19-10-6-17(25)7-11-19/h3-13H,2,14H2,1H3,(H,27,30). The number of aryl methyl sites for hydroxylation is 1. The summed E-state index contributed by atoms with van der Waals surface area (Å²) in [5.74, 6) is 0.227. The zero-order valence-electron chi connectivity index (χ0n) is 16.7. The minimum absolute atomic E-state index is 0.144. The van der Waals surface area contributed by atoms with Crippen LogP contribution in [-0.4, -0.2) is 21.6 Å². The normalized spacial score (nSPS) is 10.9. The van der Waals surface area contributed by atoms with Crippen molar-refractivity contribution in [3.8, 4) is 11.4 Å². The lowest BCUT2D eigenvalue weighted by molar-refractivity contribution is -0.113. The van der Waals surface area contributed by atoms with E-state index in [2.05, 4.69) is 23.3 Å². The molecule has 1 heterocycles. The summed E-state index contributed by atoms with van der Waals surface area (Å²) in [5, 5.41) is 5.08. The number of carbonyl (C=O) groups excluding carboxylic acids is 1. The van der Waals surface area contributed by atoms with Crippen molar-refractivity contribution in [2.45, 2.75) is 18.4 Å². The monoisotopic (exact) mass is 451 g/mol. The fraction of sp³-hybridized carbons (Fsp3) is 0.125. The third kappa shape index (κ3) is 5.21. The third-order valence-corrected chi connectivity index (χ3v) is 5.95. The van der Waals surface area contributed by atoms with Crippen molar-refractivity contribution in [3.05, 3.63) is 83.1 Å². The Kier molecular flexibility index (Phi) is 6.49. The molecule has 156 valence electrons. The summed E-state index contributed by atoms with van der Waals surface area (Å²) >= 11 is 7.24. The number of benzene rings is 3. The first kappa shape index (κ1) is 21.3. The fourth-order valence-electron chi connectivity index (χ4n) is 3.07. The quantitative estimate of drug-likeness (QED) is 0.273. The first-order valence-electron chi connectivity index (χ1n) is 9.76. The molecule has 0 spiro atoms. The molecule has 7 heteroatoms. The molecular formula is C24H19ClFN3OS. The van der Waals surface area contributed by atoms with Crippen molar-refractivity contribution in [1.82, 2.24) is 9.97 Å². The van der Waals surface area contributed by atoms with Gasteiger partial charge in [0.25, 0.3) is 0 Å². The predicted molar refractivity (Wildman–Crippen MR) is 125 cm³/mol. The summed E-state index contributed by atoms with van der Waals surface area (Å²) in [7, 11) is 0. The number of carbonyl (C=O) groups is 1. The lowest BCUT2D eigenvalue weighted by Crippen LogP contribution is -2.14. The molecule has 1 N–H and O–H groups in total. The van der Waals surface area contributed by atoms with Gasteiger partial charge in [0.05, 0.1) is 11.3 Å². The van der Waals surface area contributed by atoms with Gasteiger partial charge in [-0.25, -0.2) is 14.4 Å². The van der Waals surface area contributed by atoms with Crippen LogP contribution in [-0.2, 0) is 11.2 Å². The molecule has 0 aliphatic rings. The van der Waals surface area contributed by atoms with Crippen molar-refractivity contribution in [3.63, 3.8) is 0 Å². The predicted octanol–water partition coefficient (Wildman–Crippen LogP) is 6.38. The van der Waals surface area contributed by atoms with Crippen LogP contribution in [0.25, 0.3) is 22.3 Å². The largest absolute Gasteiger partial charge is 0.325 e. The highest BCUT2D eigenvalue weighted by Gasteiger charge is 2.13. The van der Waals surface area contributed by atoms with Gasteiger partial charge in [0.1, 0.15) is 10.8 Å². The summed E-state index contributed by atoms with van der Waals surface area (Å²) in [5.41, 5.74) is 3.35. The van der Waals surface area contributed by atoms with Gasteiger partial charge in [-0.1, -0.05) is 36.4 Å². The molecule has 4 rings (SSSR count). The summed E-state index contributed by atoms with van der Waals surface area (Å²) in [6.07, 6.45) is 0.886. The Balaban J connectivity index is 1.62. The Labute approximate surface area is 188 Å². The van der Waals surface area contributed by atoms with E-state index in [0.29, 0.717) is 21.6 Å². The number of hydrogen-bond donors (Lipinski definition) is 1. The Hall–Kier alpha value is -2.96. The fourth-order valence-corrected chi connectivity index (χ4v) is 4.01. The van der Waals surface area contributed by atoms with E-state index in [1.54, 1.807) is 36.4 Å². The molecule has 31 heavy (non-hydrogen) atoms. The number of nitrogens with one attached hydrogen (secondary N) is 1. The number of aromatic nitrogens is 2. The van der Waals surface area contributed by atoms with Crippen LogP contribution in [0.2, 0.25) is 5.02 Å². The molecule has 0 aliphatic heterocycles. The van der Waals surface area contributed by atoms with E-state index in [9.17, 15) is 9.18 Å². The van der Waals surface area contributed by atoms with Gasteiger partial charge < -0.3 is 5.32 Å². The SMILES string of the molecule is CCc1ccc2nc(-c3ccc(F)cc3)nc(SCC(=O)Nc3ccc(Cl)cc3)c2c1. The maximum Gasteiger partial charge on any atom is 0.234 e. The van der Waals surface area contributed by atoms with Gasteiger partial charge in [-0.2, -0.15) is 0 Å². The molecule has 0 bridgehead atoms. The second-order valence-corrected chi connectivity index (χ2v) is 8.31. The smallest absolute Gasteiger partial charge is 0.234 e. The van der Waals surface area contributed by atoms with Crippen molar-refractivity contribution in [2.75, 3.05) is 11.1 Å². The molecule has 0 saturated heterocycles. The molecule has 0 atom stereocenters. The van der Waals surface area contributed by atoms with E-state index in [4.69, 9.17) is 16.6 Å². The van der Waals surface area contributed by atoms with Crippen LogP contribution in [0.4, 0.5) is 10.1 Å². The Bertz CT molecular complexity index is 1230. The second kappa shape index (κ2) is 9.45. The zero-order valence-corrected chi connectivity index (χ0v) is 18.3. The highest BCUT2D eigenvalue weighted by molar-refractivity contribution is 8.00. The van der Waals surface area contributed by atoms with E-state index in [1.807, 2.05) is 12.1 Å².